The lowest BCUT2D eigenvalue weighted by Crippen LogP contribution is -2.47. The highest BCUT2D eigenvalue weighted by molar-refractivity contribution is 5.82. The largest absolute Gasteiger partial charge is 0.377 e. The Morgan fingerprint density at radius 3 is 2.62 bits per heavy atom. The smallest absolute Gasteiger partial charge is 0.233 e. The third-order valence-electron chi connectivity index (χ3n) is 6.84. The number of amides is 1. The summed E-state index contributed by atoms with van der Waals surface area (Å²) >= 11 is 0. The highest BCUT2D eigenvalue weighted by atomic mass is 16.5. The second-order valence-corrected chi connectivity index (χ2v) is 8.75. The molecule has 166 valence electrons. The van der Waals surface area contributed by atoms with Crippen molar-refractivity contribution in [3.8, 4) is 11.1 Å². The van der Waals surface area contributed by atoms with Crippen molar-refractivity contribution in [2.75, 3.05) is 32.8 Å². The van der Waals surface area contributed by atoms with Crippen molar-refractivity contribution in [2.24, 2.45) is 5.92 Å². The lowest BCUT2D eigenvalue weighted by molar-refractivity contribution is -0.615. The quantitative estimate of drug-likeness (QED) is 0.687. The summed E-state index contributed by atoms with van der Waals surface area (Å²) in [5.74, 6) is 1.06. The summed E-state index contributed by atoms with van der Waals surface area (Å²) < 4.78 is 11.3. The number of hydrogen-bond acceptors (Lipinski definition) is 4. The maximum absolute atomic E-state index is 13.9. The highest BCUT2D eigenvalue weighted by Crippen LogP contribution is 2.39. The fourth-order valence-electron chi connectivity index (χ4n) is 5.26. The fourth-order valence-corrected chi connectivity index (χ4v) is 5.26. The lowest BCUT2D eigenvalue weighted by Gasteiger charge is -2.38. The van der Waals surface area contributed by atoms with Crippen LogP contribution in [0.2, 0.25) is 0 Å². The predicted molar refractivity (Wildman–Crippen MR) is 121 cm³/mol. The van der Waals surface area contributed by atoms with Crippen LogP contribution in [0, 0.1) is 19.8 Å². The SMILES string of the molecule is Cc1[nH+]oc(C)c1-c1ccccc1[C@@H]1CNC[C@H]1C(=O)N1CCOC[C@@H]1c1ccccc1. The van der Waals surface area contributed by atoms with Crippen LogP contribution >= 0.6 is 0 Å². The molecule has 3 aromatic rings. The van der Waals surface area contributed by atoms with E-state index in [-0.39, 0.29) is 23.8 Å². The van der Waals surface area contributed by atoms with Gasteiger partial charge in [0, 0.05) is 39.4 Å². The molecule has 0 saturated carbocycles. The van der Waals surface area contributed by atoms with Gasteiger partial charge in [-0.2, -0.15) is 0 Å². The molecule has 2 N–H and O–H groups in total. The van der Waals surface area contributed by atoms with Crippen LogP contribution in [0.5, 0.6) is 0 Å². The number of H-pyrrole nitrogens is 1. The first-order chi connectivity index (χ1) is 15.6. The molecule has 3 heterocycles. The van der Waals surface area contributed by atoms with E-state index in [1.165, 1.54) is 5.56 Å². The number of nitrogens with one attached hydrogen (secondary N) is 2. The van der Waals surface area contributed by atoms with Gasteiger partial charge in [0.15, 0.2) is 5.76 Å². The molecule has 0 radical (unpaired) electrons. The van der Waals surface area contributed by atoms with E-state index < -0.39 is 0 Å². The maximum Gasteiger partial charge on any atom is 0.233 e. The first kappa shape index (κ1) is 20.9. The van der Waals surface area contributed by atoms with Crippen LogP contribution in [0.15, 0.2) is 59.1 Å². The van der Waals surface area contributed by atoms with E-state index in [0.29, 0.717) is 26.3 Å². The standard InChI is InChI=1S/C26H29N3O3/c1-17-25(18(2)32-28-17)21-11-7-6-10-20(21)22-14-27-15-23(22)26(30)29-12-13-31-16-24(29)19-8-4-3-5-9-19/h3-11,22-24,27H,12-16H2,1-2H3/p+1/t22-,23+,24+/m0/s1. The summed E-state index contributed by atoms with van der Waals surface area (Å²) in [6, 6.07) is 18.6. The molecule has 6 heteroatoms. The first-order valence-electron chi connectivity index (χ1n) is 11.4. The molecule has 3 atom stereocenters. The third kappa shape index (κ3) is 3.74. The summed E-state index contributed by atoms with van der Waals surface area (Å²) in [4.78, 5) is 15.9. The number of ether oxygens (including phenoxy) is 1. The molecule has 2 aliphatic rings. The summed E-state index contributed by atoms with van der Waals surface area (Å²) in [5.41, 5.74) is 5.55. The molecule has 2 aromatic carbocycles. The molecule has 2 fully saturated rings. The van der Waals surface area contributed by atoms with Crippen LogP contribution in [-0.4, -0.2) is 43.7 Å². The number of aromatic nitrogens is 1. The van der Waals surface area contributed by atoms with Gasteiger partial charge in [0.25, 0.3) is 0 Å². The predicted octanol–water partition coefficient (Wildman–Crippen LogP) is 3.28. The monoisotopic (exact) mass is 432 g/mol. The van der Waals surface area contributed by atoms with Gasteiger partial charge in [-0.25, -0.2) is 4.52 Å². The maximum atomic E-state index is 13.9. The number of rotatable bonds is 4. The van der Waals surface area contributed by atoms with Crippen molar-refractivity contribution in [1.82, 2.24) is 10.2 Å². The average molecular weight is 433 g/mol. The van der Waals surface area contributed by atoms with Crippen LogP contribution in [0.4, 0.5) is 0 Å². The molecule has 1 amide bonds. The zero-order chi connectivity index (χ0) is 22.1. The zero-order valence-corrected chi connectivity index (χ0v) is 18.6. The molecule has 2 aliphatic heterocycles. The van der Waals surface area contributed by atoms with E-state index in [1.807, 2.05) is 36.9 Å². The third-order valence-corrected chi connectivity index (χ3v) is 6.84. The van der Waals surface area contributed by atoms with Gasteiger partial charge in [-0.3, -0.25) is 4.79 Å². The Labute approximate surface area is 188 Å². The van der Waals surface area contributed by atoms with Crippen molar-refractivity contribution < 1.29 is 19.2 Å². The Balaban J connectivity index is 1.47. The van der Waals surface area contributed by atoms with Crippen molar-refractivity contribution >= 4 is 5.91 Å². The number of carbonyl (C=O) groups excluding carboxylic acids is 1. The minimum Gasteiger partial charge on any atom is -0.377 e. The summed E-state index contributed by atoms with van der Waals surface area (Å²) in [6.07, 6.45) is 0. The van der Waals surface area contributed by atoms with Gasteiger partial charge >= 0.3 is 0 Å². The minimum absolute atomic E-state index is 0.0399. The number of nitrogens with zero attached hydrogens (tertiary/aromatic N) is 1. The Bertz CT molecular complexity index is 1080. The Hall–Kier alpha value is -2.96. The number of hydrogen-bond donors (Lipinski definition) is 1. The Kier molecular flexibility index (Phi) is 5.81. The van der Waals surface area contributed by atoms with Gasteiger partial charge in [0.05, 0.1) is 30.7 Å². The van der Waals surface area contributed by atoms with E-state index in [0.717, 1.165) is 34.7 Å². The van der Waals surface area contributed by atoms with Crippen molar-refractivity contribution in [1.29, 1.82) is 0 Å². The summed E-state index contributed by atoms with van der Waals surface area (Å²) in [5, 5.41) is 6.47. The van der Waals surface area contributed by atoms with Crippen LogP contribution < -0.4 is 10.5 Å². The number of benzene rings is 2. The van der Waals surface area contributed by atoms with Crippen molar-refractivity contribution in [3.05, 3.63) is 77.2 Å². The van der Waals surface area contributed by atoms with Crippen LogP contribution in [0.25, 0.3) is 11.1 Å². The van der Waals surface area contributed by atoms with E-state index in [2.05, 4.69) is 46.9 Å². The number of aromatic amines is 1. The summed E-state index contributed by atoms with van der Waals surface area (Å²) in [6.45, 7) is 7.22. The lowest BCUT2D eigenvalue weighted by atomic mass is 9.83. The van der Waals surface area contributed by atoms with E-state index in [4.69, 9.17) is 9.26 Å². The molecular weight excluding hydrogens is 402 g/mol. The average Bonchev–Trinajstić information content (AvgIpc) is 3.45. The Morgan fingerprint density at radius 2 is 1.84 bits per heavy atom. The number of carbonyl (C=O) groups is 1. The first-order valence-corrected chi connectivity index (χ1v) is 11.4. The minimum atomic E-state index is -0.114. The second-order valence-electron chi connectivity index (χ2n) is 8.75. The zero-order valence-electron chi connectivity index (χ0n) is 18.6. The molecule has 32 heavy (non-hydrogen) atoms. The second kappa shape index (κ2) is 8.88. The number of morpholine rings is 1. The summed E-state index contributed by atoms with van der Waals surface area (Å²) in [7, 11) is 0. The molecule has 1 aromatic heterocycles. The van der Waals surface area contributed by atoms with Gasteiger partial charge in [-0.05, 0) is 21.8 Å². The van der Waals surface area contributed by atoms with Crippen LogP contribution in [0.1, 0.15) is 34.5 Å². The Morgan fingerprint density at radius 1 is 1.06 bits per heavy atom. The van der Waals surface area contributed by atoms with Crippen LogP contribution in [-0.2, 0) is 9.53 Å². The molecule has 0 unspecified atom stereocenters. The van der Waals surface area contributed by atoms with Crippen molar-refractivity contribution in [2.45, 2.75) is 25.8 Å². The van der Waals surface area contributed by atoms with E-state index in [9.17, 15) is 4.79 Å². The van der Waals surface area contributed by atoms with Crippen molar-refractivity contribution in [3.63, 3.8) is 0 Å². The molecule has 0 spiro atoms. The molecule has 6 nitrogen and oxygen atoms in total. The molecule has 5 rings (SSSR count). The van der Waals surface area contributed by atoms with Gasteiger partial charge in [0.1, 0.15) is 0 Å². The topological polar surface area (TPSA) is 68.9 Å². The van der Waals surface area contributed by atoms with Gasteiger partial charge in [-0.15, -0.1) is 0 Å². The van der Waals surface area contributed by atoms with Gasteiger partial charge < -0.3 is 15.0 Å². The molecular formula is C26H30N3O3+. The van der Waals surface area contributed by atoms with Gasteiger partial charge in [0.2, 0.25) is 11.6 Å². The number of aryl methyl sites for hydroxylation is 2. The normalized spacial score (nSPS) is 23.4. The van der Waals surface area contributed by atoms with E-state index in [1.54, 1.807) is 0 Å². The van der Waals surface area contributed by atoms with E-state index >= 15 is 0 Å². The molecule has 0 bridgehead atoms. The fraction of sp³-hybridized carbons (Fsp3) is 0.385. The molecule has 2 saturated heterocycles. The molecule has 0 aliphatic carbocycles. The highest BCUT2D eigenvalue weighted by Gasteiger charge is 2.41. The van der Waals surface area contributed by atoms with Gasteiger partial charge in [-0.1, -0.05) is 54.6 Å². The van der Waals surface area contributed by atoms with Crippen LogP contribution in [0.3, 0.4) is 0 Å².